The lowest BCUT2D eigenvalue weighted by atomic mass is 9.87. The first-order valence-corrected chi connectivity index (χ1v) is 12.2. The van der Waals surface area contributed by atoms with Crippen molar-refractivity contribution >= 4 is 51.7 Å². The van der Waals surface area contributed by atoms with E-state index in [9.17, 15) is 9.59 Å². The van der Waals surface area contributed by atoms with Gasteiger partial charge in [0.05, 0.1) is 10.5 Å². The quantitative estimate of drug-likeness (QED) is 0.372. The second kappa shape index (κ2) is 10.1. The minimum Gasteiger partial charge on any atom is -0.385 e. The van der Waals surface area contributed by atoms with Crippen LogP contribution in [0.25, 0.3) is 11.7 Å². The van der Waals surface area contributed by atoms with Crippen molar-refractivity contribution in [2.45, 2.75) is 45.1 Å². The molecule has 0 radical (unpaired) electrons. The number of pyridine rings is 1. The van der Waals surface area contributed by atoms with E-state index in [2.05, 4.69) is 12.2 Å². The smallest absolute Gasteiger partial charge is 0.267 e. The zero-order chi connectivity index (χ0) is 22.7. The molecule has 2 aromatic rings. The van der Waals surface area contributed by atoms with Gasteiger partial charge in [-0.2, -0.15) is 0 Å². The van der Waals surface area contributed by atoms with Crippen LogP contribution in [0.2, 0.25) is 0 Å². The van der Waals surface area contributed by atoms with Gasteiger partial charge in [-0.05, 0) is 56.2 Å². The number of carbonyl (C=O) groups is 1. The van der Waals surface area contributed by atoms with E-state index in [1.54, 1.807) is 30.3 Å². The van der Waals surface area contributed by atoms with Gasteiger partial charge in [-0.1, -0.05) is 37.0 Å². The van der Waals surface area contributed by atoms with Gasteiger partial charge in [-0.3, -0.25) is 18.9 Å². The van der Waals surface area contributed by atoms with E-state index in [-0.39, 0.29) is 17.5 Å². The van der Waals surface area contributed by atoms with Crippen LogP contribution in [0.3, 0.4) is 0 Å². The zero-order valence-corrected chi connectivity index (χ0v) is 20.0. The van der Waals surface area contributed by atoms with Crippen molar-refractivity contribution in [3.8, 4) is 0 Å². The summed E-state index contributed by atoms with van der Waals surface area (Å²) in [6.07, 6.45) is 8.43. The van der Waals surface area contributed by atoms with Gasteiger partial charge in [-0.25, -0.2) is 4.98 Å². The number of fused-ring (bicyclic) bond motifs is 1. The number of ether oxygens (including phenoxy) is 1. The van der Waals surface area contributed by atoms with Crippen LogP contribution in [0.5, 0.6) is 0 Å². The molecule has 0 atom stereocenters. The van der Waals surface area contributed by atoms with E-state index in [4.69, 9.17) is 21.9 Å². The number of hydrogen-bond acceptors (Lipinski definition) is 7. The molecule has 32 heavy (non-hydrogen) atoms. The van der Waals surface area contributed by atoms with E-state index in [1.807, 2.05) is 12.1 Å². The summed E-state index contributed by atoms with van der Waals surface area (Å²) in [7, 11) is 1.63. The van der Waals surface area contributed by atoms with Gasteiger partial charge in [0.25, 0.3) is 11.5 Å². The first kappa shape index (κ1) is 22.9. The van der Waals surface area contributed by atoms with E-state index < -0.39 is 0 Å². The number of methoxy groups -OCH3 is 1. The molecule has 9 heteroatoms. The van der Waals surface area contributed by atoms with Crippen LogP contribution in [-0.2, 0) is 9.53 Å². The molecule has 1 amide bonds. The predicted octanol–water partition coefficient (Wildman–Crippen LogP) is 3.92. The fourth-order valence-corrected chi connectivity index (χ4v) is 5.42. The molecule has 1 N–H and O–H groups in total. The highest BCUT2D eigenvalue weighted by Gasteiger charge is 2.32. The van der Waals surface area contributed by atoms with Crippen molar-refractivity contribution in [3.05, 3.63) is 45.2 Å². The van der Waals surface area contributed by atoms with Crippen LogP contribution in [0.4, 0.5) is 5.82 Å². The van der Waals surface area contributed by atoms with Crippen molar-refractivity contribution in [2.75, 3.05) is 25.6 Å². The number of nitrogens with one attached hydrogen (secondary N) is 1. The molecule has 2 aliphatic rings. The Hall–Kier alpha value is -2.23. The van der Waals surface area contributed by atoms with Gasteiger partial charge in [0.1, 0.15) is 15.8 Å². The number of aromatic nitrogens is 2. The van der Waals surface area contributed by atoms with Crippen LogP contribution in [0.15, 0.2) is 34.1 Å². The van der Waals surface area contributed by atoms with Gasteiger partial charge < -0.3 is 10.1 Å². The summed E-state index contributed by atoms with van der Waals surface area (Å²) >= 11 is 6.65. The summed E-state index contributed by atoms with van der Waals surface area (Å²) < 4.78 is 7.10. The Labute approximate surface area is 197 Å². The van der Waals surface area contributed by atoms with Crippen LogP contribution >= 0.6 is 24.0 Å². The third kappa shape index (κ3) is 4.89. The normalized spacial score (nSPS) is 22.8. The zero-order valence-electron chi connectivity index (χ0n) is 18.4. The average molecular weight is 473 g/mol. The van der Waals surface area contributed by atoms with Gasteiger partial charge in [0.15, 0.2) is 0 Å². The largest absolute Gasteiger partial charge is 0.385 e. The summed E-state index contributed by atoms with van der Waals surface area (Å²) in [5.74, 6) is 1.08. The molecule has 1 aliphatic carbocycles. The maximum absolute atomic E-state index is 13.4. The lowest BCUT2D eigenvalue weighted by Gasteiger charge is -2.27. The molecule has 7 nitrogen and oxygen atoms in total. The molecule has 1 aliphatic heterocycles. The highest BCUT2D eigenvalue weighted by molar-refractivity contribution is 8.26. The number of thiocarbonyl (C=S) groups is 1. The summed E-state index contributed by atoms with van der Waals surface area (Å²) in [4.78, 5) is 33.1. The van der Waals surface area contributed by atoms with Gasteiger partial charge in [0, 0.05) is 32.5 Å². The van der Waals surface area contributed by atoms with Crippen molar-refractivity contribution in [2.24, 2.45) is 5.92 Å². The number of amides is 1. The highest BCUT2D eigenvalue weighted by Crippen LogP contribution is 2.33. The number of thioether (sulfide) groups is 1. The second-order valence-corrected chi connectivity index (χ2v) is 10.1. The molecule has 4 rings (SSSR count). The minimum atomic E-state index is -0.202. The Morgan fingerprint density at radius 1 is 1.28 bits per heavy atom. The molecule has 0 aromatic carbocycles. The number of anilines is 1. The molecular formula is C23H28N4O3S2. The summed E-state index contributed by atoms with van der Waals surface area (Å²) in [5.41, 5.74) is 0.769. The number of hydrogen-bond donors (Lipinski definition) is 1. The standard InChI is InChI=1S/C23H28N4O3S2/c1-15-7-9-16(10-8-15)24-20-17(21(28)26-11-4-3-6-19(26)25-20)14-18-22(29)27(23(31)32-18)12-5-13-30-2/h3-4,6,11,14-16,24H,5,7-10,12-13H2,1-2H3/b18-14+. The van der Waals surface area contributed by atoms with Crippen molar-refractivity contribution < 1.29 is 9.53 Å². The maximum atomic E-state index is 13.4. The van der Waals surface area contributed by atoms with Crippen LogP contribution < -0.4 is 10.9 Å². The molecule has 0 spiro atoms. The Kier molecular flexibility index (Phi) is 7.27. The highest BCUT2D eigenvalue weighted by atomic mass is 32.2. The Bertz CT molecular complexity index is 1110. The molecule has 2 fully saturated rings. The molecule has 0 bridgehead atoms. The third-order valence-electron chi connectivity index (χ3n) is 6.00. The van der Waals surface area contributed by atoms with Crippen LogP contribution in [-0.4, -0.2) is 50.8 Å². The van der Waals surface area contributed by atoms with Crippen LogP contribution in [0, 0.1) is 5.92 Å². The summed E-state index contributed by atoms with van der Waals surface area (Å²) in [5, 5.41) is 3.50. The topological polar surface area (TPSA) is 75.9 Å². The first-order chi connectivity index (χ1) is 15.5. The lowest BCUT2D eigenvalue weighted by Crippen LogP contribution is -2.30. The van der Waals surface area contributed by atoms with Gasteiger partial charge >= 0.3 is 0 Å². The summed E-state index contributed by atoms with van der Waals surface area (Å²) in [6, 6.07) is 5.73. The fraction of sp³-hybridized carbons (Fsp3) is 0.478. The van der Waals surface area contributed by atoms with Crippen molar-refractivity contribution in [3.63, 3.8) is 0 Å². The van der Waals surface area contributed by atoms with E-state index in [0.29, 0.717) is 45.8 Å². The number of carbonyl (C=O) groups excluding carboxylic acids is 1. The Balaban J connectivity index is 1.69. The molecule has 2 aromatic heterocycles. The van der Waals surface area contributed by atoms with E-state index >= 15 is 0 Å². The SMILES string of the molecule is COCCCN1C(=O)/C(=C\c2c(NC3CCC(C)CC3)nc3ccccn3c2=O)SC1=S. The van der Waals surface area contributed by atoms with Gasteiger partial charge in [0.2, 0.25) is 0 Å². The van der Waals surface area contributed by atoms with Gasteiger partial charge in [-0.15, -0.1) is 0 Å². The number of rotatable bonds is 7. The maximum Gasteiger partial charge on any atom is 0.267 e. The molecule has 170 valence electrons. The third-order valence-corrected chi connectivity index (χ3v) is 7.38. The van der Waals surface area contributed by atoms with Crippen LogP contribution in [0.1, 0.15) is 44.6 Å². The molecule has 0 unspecified atom stereocenters. The molecule has 1 saturated carbocycles. The fourth-order valence-electron chi connectivity index (χ4n) is 4.13. The first-order valence-electron chi connectivity index (χ1n) is 11.0. The number of nitrogens with zero attached hydrogens (tertiary/aromatic N) is 3. The average Bonchev–Trinajstić information content (AvgIpc) is 3.05. The molecule has 3 heterocycles. The van der Waals surface area contributed by atoms with Crippen molar-refractivity contribution in [1.29, 1.82) is 0 Å². The Morgan fingerprint density at radius 2 is 2.06 bits per heavy atom. The monoisotopic (exact) mass is 472 g/mol. The Morgan fingerprint density at radius 3 is 2.81 bits per heavy atom. The lowest BCUT2D eigenvalue weighted by molar-refractivity contribution is -0.122. The van der Waals surface area contributed by atoms with Crippen molar-refractivity contribution in [1.82, 2.24) is 14.3 Å². The molecule has 1 saturated heterocycles. The predicted molar refractivity (Wildman–Crippen MR) is 133 cm³/mol. The minimum absolute atomic E-state index is 0.175. The van der Waals surface area contributed by atoms with E-state index in [0.717, 1.165) is 31.6 Å². The van der Waals surface area contributed by atoms with E-state index in [1.165, 1.54) is 16.2 Å². The summed E-state index contributed by atoms with van der Waals surface area (Å²) in [6.45, 7) is 3.33. The second-order valence-electron chi connectivity index (χ2n) is 8.39. The molecular weight excluding hydrogens is 444 g/mol.